The molecule has 0 fully saturated rings. The van der Waals surface area contributed by atoms with E-state index in [1.54, 1.807) is 26.4 Å². The molecule has 0 aliphatic carbocycles. The Morgan fingerprint density at radius 2 is 1.91 bits per heavy atom. The van der Waals surface area contributed by atoms with Crippen LogP contribution in [-0.4, -0.2) is 20.1 Å². The van der Waals surface area contributed by atoms with Crippen molar-refractivity contribution < 1.29 is 14.3 Å². The maximum Gasteiger partial charge on any atom is 0.248 e. The number of anilines is 1. The fraction of sp³-hybridized carbons (Fsp3) is 0.167. The lowest BCUT2D eigenvalue weighted by atomic mass is 10.1. The average molecular weight is 297 g/mol. The number of hydrogen-bond donors (Lipinski definition) is 1. The Morgan fingerprint density at radius 3 is 2.59 bits per heavy atom. The summed E-state index contributed by atoms with van der Waals surface area (Å²) in [4.78, 5) is 12.0. The number of amides is 1. The molecule has 114 valence electrons. The molecule has 1 amide bonds. The van der Waals surface area contributed by atoms with Crippen molar-refractivity contribution in [1.82, 2.24) is 0 Å². The second kappa shape index (κ2) is 7.31. The zero-order chi connectivity index (χ0) is 15.9. The molecule has 0 aromatic heterocycles. The van der Waals surface area contributed by atoms with Crippen LogP contribution in [0.1, 0.15) is 11.1 Å². The standard InChI is InChI=1S/C18H19NO3/c1-13-5-4-6-15(11-13)19-18(20)10-7-14-12-16(21-2)8-9-17(14)22-3/h4-12H,1-3H3,(H,19,20)/b10-7+. The summed E-state index contributed by atoms with van der Waals surface area (Å²) in [7, 11) is 3.19. The van der Waals surface area contributed by atoms with Crippen molar-refractivity contribution >= 4 is 17.7 Å². The largest absolute Gasteiger partial charge is 0.497 e. The molecule has 0 unspecified atom stereocenters. The molecule has 0 radical (unpaired) electrons. The van der Waals surface area contributed by atoms with Gasteiger partial charge in [0.05, 0.1) is 14.2 Å². The SMILES string of the molecule is COc1ccc(OC)c(/C=C/C(=O)Nc2cccc(C)c2)c1. The van der Waals surface area contributed by atoms with Crippen LogP contribution in [0.2, 0.25) is 0 Å². The molecule has 4 nitrogen and oxygen atoms in total. The molecule has 2 aromatic rings. The van der Waals surface area contributed by atoms with Gasteiger partial charge in [0.2, 0.25) is 5.91 Å². The van der Waals surface area contributed by atoms with Gasteiger partial charge in [0.15, 0.2) is 0 Å². The van der Waals surface area contributed by atoms with Crippen LogP contribution in [0.3, 0.4) is 0 Å². The predicted molar refractivity (Wildman–Crippen MR) is 88.4 cm³/mol. The van der Waals surface area contributed by atoms with E-state index in [9.17, 15) is 4.79 Å². The molecule has 0 saturated carbocycles. The summed E-state index contributed by atoms with van der Waals surface area (Å²) in [6.45, 7) is 1.98. The number of carbonyl (C=O) groups excluding carboxylic acids is 1. The van der Waals surface area contributed by atoms with E-state index in [2.05, 4.69) is 5.32 Å². The number of methoxy groups -OCH3 is 2. The Morgan fingerprint density at radius 1 is 1.09 bits per heavy atom. The molecule has 0 aliphatic heterocycles. The van der Waals surface area contributed by atoms with Gasteiger partial charge in [0.1, 0.15) is 11.5 Å². The van der Waals surface area contributed by atoms with Crippen LogP contribution in [0.15, 0.2) is 48.5 Å². The summed E-state index contributed by atoms with van der Waals surface area (Å²) in [6.07, 6.45) is 3.17. The van der Waals surface area contributed by atoms with E-state index in [4.69, 9.17) is 9.47 Å². The Bertz CT molecular complexity index is 692. The number of aryl methyl sites for hydroxylation is 1. The number of ether oxygens (including phenoxy) is 2. The van der Waals surface area contributed by atoms with E-state index < -0.39 is 0 Å². The molecule has 2 rings (SSSR count). The second-order valence-electron chi connectivity index (χ2n) is 4.80. The van der Waals surface area contributed by atoms with Crippen molar-refractivity contribution in [2.75, 3.05) is 19.5 Å². The molecule has 2 aromatic carbocycles. The molecule has 0 spiro atoms. The normalized spacial score (nSPS) is 10.5. The summed E-state index contributed by atoms with van der Waals surface area (Å²) in [6, 6.07) is 13.1. The lowest BCUT2D eigenvalue weighted by molar-refractivity contribution is -0.111. The maximum absolute atomic E-state index is 12.0. The predicted octanol–water partition coefficient (Wildman–Crippen LogP) is 3.66. The van der Waals surface area contributed by atoms with Gasteiger partial charge in [-0.3, -0.25) is 4.79 Å². The van der Waals surface area contributed by atoms with Crippen LogP contribution in [-0.2, 0) is 4.79 Å². The number of nitrogens with one attached hydrogen (secondary N) is 1. The first-order chi connectivity index (χ1) is 10.6. The zero-order valence-electron chi connectivity index (χ0n) is 12.9. The highest BCUT2D eigenvalue weighted by Gasteiger charge is 2.03. The van der Waals surface area contributed by atoms with Gasteiger partial charge < -0.3 is 14.8 Å². The van der Waals surface area contributed by atoms with Gasteiger partial charge in [-0.15, -0.1) is 0 Å². The molecule has 0 saturated heterocycles. The van der Waals surface area contributed by atoms with Gasteiger partial charge in [-0.1, -0.05) is 12.1 Å². The van der Waals surface area contributed by atoms with E-state index in [-0.39, 0.29) is 5.91 Å². The Balaban J connectivity index is 2.12. The van der Waals surface area contributed by atoms with Crippen molar-refractivity contribution in [1.29, 1.82) is 0 Å². The monoisotopic (exact) mass is 297 g/mol. The lowest BCUT2D eigenvalue weighted by Crippen LogP contribution is -2.07. The van der Waals surface area contributed by atoms with E-state index >= 15 is 0 Å². The molecule has 1 N–H and O–H groups in total. The van der Waals surface area contributed by atoms with Gasteiger partial charge in [-0.2, -0.15) is 0 Å². The minimum Gasteiger partial charge on any atom is -0.497 e. The molecule has 4 heteroatoms. The molecule has 0 heterocycles. The topological polar surface area (TPSA) is 47.6 Å². The third-order valence-electron chi connectivity index (χ3n) is 3.14. The smallest absolute Gasteiger partial charge is 0.248 e. The minimum atomic E-state index is -0.199. The van der Waals surface area contributed by atoms with E-state index in [0.717, 1.165) is 16.8 Å². The first-order valence-electron chi connectivity index (χ1n) is 6.90. The van der Waals surface area contributed by atoms with Crippen LogP contribution < -0.4 is 14.8 Å². The number of benzene rings is 2. The number of carbonyl (C=O) groups is 1. The summed E-state index contributed by atoms with van der Waals surface area (Å²) in [5, 5.41) is 2.82. The maximum atomic E-state index is 12.0. The summed E-state index contributed by atoms with van der Waals surface area (Å²) in [5.41, 5.74) is 2.64. The second-order valence-corrected chi connectivity index (χ2v) is 4.80. The molecular weight excluding hydrogens is 278 g/mol. The summed E-state index contributed by atoms with van der Waals surface area (Å²) in [5.74, 6) is 1.19. The minimum absolute atomic E-state index is 0.199. The summed E-state index contributed by atoms with van der Waals surface area (Å²) >= 11 is 0. The van der Waals surface area contributed by atoms with Crippen molar-refractivity contribution in [2.24, 2.45) is 0 Å². The average Bonchev–Trinajstić information content (AvgIpc) is 2.52. The van der Waals surface area contributed by atoms with Gasteiger partial charge in [0, 0.05) is 17.3 Å². The number of hydrogen-bond acceptors (Lipinski definition) is 3. The van der Waals surface area contributed by atoms with Crippen LogP contribution in [0.5, 0.6) is 11.5 Å². The van der Waals surface area contributed by atoms with E-state index in [1.165, 1.54) is 6.08 Å². The zero-order valence-corrected chi connectivity index (χ0v) is 12.9. The van der Waals surface area contributed by atoms with Crippen LogP contribution in [0.4, 0.5) is 5.69 Å². The van der Waals surface area contributed by atoms with Gasteiger partial charge in [-0.25, -0.2) is 0 Å². The van der Waals surface area contributed by atoms with Crippen molar-refractivity contribution in [3.05, 3.63) is 59.7 Å². The molecular formula is C18H19NO3. The van der Waals surface area contributed by atoms with Crippen LogP contribution >= 0.6 is 0 Å². The number of rotatable bonds is 5. The highest BCUT2D eigenvalue weighted by atomic mass is 16.5. The fourth-order valence-corrected chi connectivity index (χ4v) is 2.04. The quantitative estimate of drug-likeness (QED) is 0.857. The molecule has 0 aliphatic rings. The molecule has 0 atom stereocenters. The first-order valence-corrected chi connectivity index (χ1v) is 6.90. The summed E-state index contributed by atoms with van der Waals surface area (Å²) < 4.78 is 10.5. The van der Waals surface area contributed by atoms with E-state index in [0.29, 0.717) is 11.5 Å². The van der Waals surface area contributed by atoms with Gasteiger partial charge in [0.25, 0.3) is 0 Å². The molecule has 0 bridgehead atoms. The van der Waals surface area contributed by atoms with Crippen molar-refractivity contribution in [2.45, 2.75) is 6.92 Å². The molecule has 22 heavy (non-hydrogen) atoms. The lowest BCUT2D eigenvalue weighted by Gasteiger charge is -2.07. The van der Waals surface area contributed by atoms with Gasteiger partial charge >= 0.3 is 0 Å². The Hall–Kier alpha value is -2.75. The van der Waals surface area contributed by atoms with Crippen molar-refractivity contribution in [3.8, 4) is 11.5 Å². The fourth-order valence-electron chi connectivity index (χ4n) is 2.04. The first kappa shape index (κ1) is 15.6. The highest BCUT2D eigenvalue weighted by molar-refractivity contribution is 6.02. The van der Waals surface area contributed by atoms with Crippen molar-refractivity contribution in [3.63, 3.8) is 0 Å². The van der Waals surface area contributed by atoms with Gasteiger partial charge in [-0.05, 0) is 48.9 Å². The highest BCUT2D eigenvalue weighted by Crippen LogP contribution is 2.25. The van der Waals surface area contributed by atoms with E-state index in [1.807, 2.05) is 43.3 Å². The third kappa shape index (κ3) is 4.12. The van der Waals surface area contributed by atoms with Crippen LogP contribution in [0.25, 0.3) is 6.08 Å². The van der Waals surface area contributed by atoms with Crippen LogP contribution in [0, 0.1) is 6.92 Å². The third-order valence-corrected chi connectivity index (χ3v) is 3.14. The Kier molecular flexibility index (Phi) is 5.20. The Labute approximate surface area is 130 Å².